The molecule has 110 valence electrons. The third-order valence-corrected chi connectivity index (χ3v) is 3.32. The third kappa shape index (κ3) is 3.35. The second kappa shape index (κ2) is 6.33. The summed E-state index contributed by atoms with van der Waals surface area (Å²) in [4.78, 5) is 13.9. The number of hydrogen-bond donors (Lipinski definition) is 1. The molecule has 1 fully saturated rings. The van der Waals surface area contributed by atoms with E-state index in [9.17, 15) is 9.18 Å². The molecule has 0 bridgehead atoms. The topological polar surface area (TPSA) is 41.6 Å². The molecule has 0 spiro atoms. The molecule has 1 aliphatic rings. The van der Waals surface area contributed by atoms with Crippen molar-refractivity contribution in [3.8, 4) is 0 Å². The van der Waals surface area contributed by atoms with E-state index in [2.05, 4.69) is 5.32 Å². The number of halogens is 1. The van der Waals surface area contributed by atoms with E-state index in [1.165, 1.54) is 12.1 Å². The fourth-order valence-corrected chi connectivity index (χ4v) is 2.35. The maximum atomic E-state index is 13.3. The Kier molecular flexibility index (Phi) is 4.73. The average molecular weight is 280 g/mol. The van der Waals surface area contributed by atoms with Crippen LogP contribution < -0.4 is 5.32 Å². The van der Waals surface area contributed by atoms with E-state index < -0.39 is 0 Å². The van der Waals surface area contributed by atoms with E-state index in [4.69, 9.17) is 4.74 Å². The molecule has 2 atom stereocenters. The average Bonchev–Trinajstić information content (AvgIpc) is 2.66. The maximum absolute atomic E-state index is 13.3. The molecule has 1 N–H and O–H groups in total. The normalized spacial score (nSPS) is 22.9. The lowest BCUT2D eigenvalue weighted by molar-refractivity contribution is -0.130. The van der Waals surface area contributed by atoms with Crippen LogP contribution in [-0.4, -0.2) is 36.1 Å². The third-order valence-electron chi connectivity index (χ3n) is 3.32. The van der Waals surface area contributed by atoms with Crippen LogP contribution in [0.3, 0.4) is 0 Å². The molecule has 5 heteroatoms. The summed E-state index contributed by atoms with van der Waals surface area (Å²) in [6, 6.07) is 6.07. The Morgan fingerprint density at radius 1 is 1.45 bits per heavy atom. The number of amides is 1. The standard InChI is InChI=1S/C15H21FN2O2/c1-10(2)20-8-7-18-14(17-11(3)15(18)19)12-5-4-6-13(16)9-12/h4-6,9-11,14,17H,7-8H2,1-3H3. The predicted octanol–water partition coefficient (Wildman–Crippen LogP) is 2.07. The molecular formula is C15H21FN2O2. The molecule has 2 unspecified atom stereocenters. The van der Waals surface area contributed by atoms with Gasteiger partial charge in [-0.15, -0.1) is 0 Å². The molecule has 0 saturated carbocycles. The monoisotopic (exact) mass is 280 g/mol. The van der Waals surface area contributed by atoms with Gasteiger partial charge in [0.2, 0.25) is 5.91 Å². The molecule has 0 aliphatic carbocycles. The predicted molar refractivity (Wildman–Crippen MR) is 74.5 cm³/mol. The molecule has 1 aromatic rings. The summed E-state index contributed by atoms with van der Waals surface area (Å²) >= 11 is 0. The highest BCUT2D eigenvalue weighted by Crippen LogP contribution is 2.25. The number of carbonyl (C=O) groups excluding carboxylic acids is 1. The molecular weight excluding hydrogens is 259 g/mol. The number of carbonyl (C=O) groups is 1. The summed E-state index contributed by atoms with van der Waals surface area (Å²) in [6.45, 7) is 6.70. The number of hydrogen-bond acceptors (Lipinski definition) is 3. The molecule has 2 rings (SSSR count). The van der Waals surface area contributed by atoms with Crippen molar-refractivity contribution in [1.29, 1.82) is 0 Å². The minimum Gasteiger partial charge on any atom is -0.377 e. The van der Waals surface area contributed by atoms with Crippen LogP contribution in [0.15, 0.2) is 24.3 Å². The fourth-order valence-electron chi connectivity index (χ4n) is 2.35. The van der Waals surface area contributed by atoms with Gasteiger partial charge in [-0.3, -0.25) is 10.1 Å². The van der Waals surface area contributed by atoms with E-state index in [1.54, 1.807) is 11.0 Å². The molecule has 20 heavy (non-hydrogen) atoms. The Morgan fingerprint density at radius 3 is 2.85 bits per heavy atom. The van der Waals surface area contributed by atoms with Crippen LogP contribution in [0.4, 0.5) is 4.39 Å². The van der Waals surface area contributed by atoms with Gasteiger partial charge in [-0.2, -0.15) is 0 Å². The highest BCUT2D eigenvalue weighted by molar-refractivity contribution is 5.84. The van der Waals surface area contributed by atoms with E-state index in [0.29, 0.717) is 13.2 Å². The lowest BCUT2D eigenvalue weighted by Crippen LogP contribution is -2.34. The Labute approximate surface area is 118 Å². The Morgan fingerprint density at radius 2 is 2.20 bits per heavy atom. The summed E-state index contributed by atoms with van der Waals surface area (Å²) < 4.78 is 18.8. The molecule has 4 nitrogen and oxygen atoms in total. The summed E-state index contributed by atoms with van der Waals surface area (Å²) in [7, 11) is 0. The number of ether oxygens (including phenoxy) is 1. The van der Waals surface area contributed by atoms with Gasteiger partial charge >= 0.3 is 0 Å². The van der Waals surface area contributed by atoms with Crippen LogP contribution in [0.5, 0.6) is 0 Å². The summed E-state index contributed by atoms with van der Waals surface area (Å²) in [5.41, 5.74) is 0.757. The van der Waals surface area contributed by atoms with Crippen LogP contribution in [0.2, 0.25) is 0 Å². The number of benzene rings is 1. The Bertz CT molecular complexity index is 479. The van der Waals surface area contributed by atoms with Gasteiger partial charge in [0, 0.05) is 6.54 Å². The zero-order valence-electron chi connectivity index (χ0n) is 12.1. The van der Waals surface area contributed by atoms with Gasteiger partial charge in [-0.05, 0) is 38.5 Å². The minimum absolute atomic E-state index is 0.0200. The van der Waals surface area contributed by atoms with Crippen LogP contribution in [0.1, 0.15) is 32.5 Å². The van der Waals surface area contributed by atoms with Crippen LogP contribution in [0.25, 0.3) is 0 Å². The minimum atomic E-state index is -0.297. The summed E-state index contributed by atoms with van der Waals surface area (Å²) in [5.74, 6) is -0.277. The molecule has 0 radical (unpaired) electrons. The molecule has 1 heterocycles. The van der Waals surface area contributed by atoms with E-state index in [-0.39, 0.29) is 30.0 Å². The molecule has 1 saturated heterocycles. The zero-order chi connectivity index (χ0) is 14.7. The van der Waals surface area contributed by atoms with Crippen LogP contribution in [-0.2, 0) is 9.53 Å². The summed E-state index contributed by atoms with van der Waals surface area (Å²) in [5, 5.41) is 3.19. The Balaban J connectivity index is 2.11. The molecule has 1 aromatic carbocycles. The van der Waals surface area contributed by atoms with Gasteiger partial charge in [-0.25, -0.2) is 4.39 Å². The number of nitrogens with one attached hydrogen (secondary N) is 1. The number of nitrogens with zero attached hydrogens (tertiary/aromatic N) is 1. The van der Waals surface area contributed by atoms with Gasteiger partial charge < -0.3 is 9.64 Å². The van der Waals surface area contributed by atoms with E-state index >= 15 is 0 Å². The maximum Gasteiger partial charge on any atom is 0.241 e. The largest absolute Gasteiger partial charge is 0.377 e. The van der Waals surface area contributed by atoms with Crippen molar-refractivity contribution < 1.29 is 13.9 Å². The first kappa shape index (κ1) is 14.9. The lowest BCUT2D eigenvalue weighted by Gasteiger charge is -2.25. The van der Waals surface area contributed by atoms with E-state index in [0.717, 1.165) is 5.56 Å². The van der Waals surface area contributed by atoms with Crippen molar-refractivity contribution in [1.82, 2.24) is 10.2 Å². The lowest BCUT2D eigenvalue weighted by atomic mass is 10.1. The quantitative estimate of drug-likeness (QED) is 0.897. The second-order valence-electron chi connectivity index (χ2n) is 5.30. The molecule has 1 aliphatic heterocycles. The van der Waals surface area contributed by atoms with Crippen molar-refractivity contribution >= 4 is 5.91 Å². The highest BCUT2D eigenvalue weighted by Gasteiger charge is 2.36. The second-order valence-corrected chi connectivity index (χ2v) is 5.30. The highest BCUT2D eigenvalue weighted by atomic mass is 19.1. The van der Waals surface area contributed by atoms with Gasteiger partial charge in [-0.1, -0.05) is 12.1 Å². The van der Waals surface area contributed by atoms with Crippen LogP contribution >= 0.6 is 0 Å². The van der Waals surface area contributed by atoms with Crippen molar-refractivity contribution in [3.05, 3.63) is 35.6 Å². The fraction of sp³-hybridized carbons (Fsp3) is 0.533. The van der Waals surface area contributed by atoms with Gasteiger partial charge in [0.15, 0.2) is 0 Å². The molecule has 1 amide bonds. The summed E-state index contributed by atoms with van der Waals surface area (Å²) in [6.07, 6.45) is -0.158. The smallest absolute Gasteiger partial charge is 0.241 e. The van der Waals surface area contributed by atoms with Crippen molar-refractivity contribution in [2.24, 2.45) is 0 Å². The van der Waals surface area contributed by atoms with E-state index in [1.807, 2.05) is 26.8 Å². The first-order chi connectivity index (χ1) is 9.49. The van der Waals surface area contributed by atoms with Gasteiger partial charge in [0.25, 0.3) is 0 Å². The van der Waals surface area contributed by atoms with Crippen molar-refractivity contribution in [2.45, 2.75) is 39.1 Å². The molecule has 0 aromatic heterocycles. The van der Waals surface area contributed by atoms with Gasteiger partial charge in [0.1, 0.15) is 12.0 Å². The van der Waals surface area contributed by atoms with Crippen molar-refractivity contribution in [2.75, 3.05) is 13.2 Å². The first-order valence-corrected chi connectivity index (χ1v) is 6.92. The van der Waals surface area contributed by atoms with Gasteiger partial charge in [0.05, 0.1) is 18.8 Å². The Hall–Kier alpha value is -1.46. The van der Waals surface area contributed by atoms with Crippen LogP contribution in [0, 0.1) is 5.82 Å². The van der Waals surface area contributed by atoms with Crippen molar-refractivity contribution in [3.63, 3.8) is 0 Å². The first-order valence-electron chi connectivity index (χ1n) is 6.92. The zero-order valence-corrected chi connectivity index (χ0v) is 12.1. The number of rotatable bonds is 5. The SMILES string of the molecule is CC(C)OCCN1C(=O)C(C)NC1c1cccc(F)c1.